The SMILES string of the molecule is CSc1cc(F)c(F)cc1-c1ccc(OCc2cccc(C(=O)N3[C@@H](CO)CC[C@H]3[C]=O)c2)cc1. The third kappa shape index (κ3) is 5.39. The first-order chi connectivity index (χ1) is 16.9. The van der Waals surface area contributed by atoms with Crippen molar-refractivity contribution in [1.82, 2.24) is 4.90 Å². The number of amides is 1. The van der Waals surface area contributed by atoms with Crippen molar-refractivity contribution in [3.63, 3.8) is 0 Å². The van der Waals surface area contributed by atoms with Crippen LogP contribution in [0.3, 0.4) is 0 Å². The number of thioether (sulfide) groups is 1. The molecule has 1 heterocycles. The lowest BCUT2D eigenvalue weighted by molar-refractivity contribution is 0.0642. The van der Waals surface area contributed by atoms with E-state index in [0.29, 0.717) is 34.6 Å². The van der Waals surface area contributed by atoms with Crippen molar-refractivity contribution < 1.29 is 28.2 Å². The van der Waals surface area contributed by atoms with Gasteiger partial charge in [0, 0.05) is 10.5 Å². The predicted molar refractivity (Wildman–Crippen MR) is 130 cm³/mol. The van der Waals surface area contributed by atoms with E-state index in [1.54, 1.807) is 48.7 Å². The van der Waals surface area contributed by atoms with Crippen LogP contribution >= 0.6 is 11.8 Å². The van der Waals surface area contributed by atoms with E-state index < -0.39 is 23.7 Å². The second-order valence-corrected chi connectivity index (χ2v) is 9.09. The number of nitrogens with zero attached hydrogens (tertiary/aromatic N) is 1. The molecule has 0 aromatic heterocycles. The van der Waals surface area contributed by atoms with Gasteiger partial charge in [0.25, 0.3) is 5.91 Å². The summed E-state index contributed by atoms with van der Waals surface area (Å²) in [6.07, 6.45) is 4.75. The van der Waals surface area contributed by atoms with E-state index in [-0.39, 0.29) is 19.1 Å². The summed E-state index contributed by atoms with van der Waals surface area (Å²) in [5.41, 5.74) is 2.50. The van der Waals surface area contributed by atoms with Crippen molar-refractivity contribution in [2.24, 2.45) is 0 Å². The third-order valence-corrected chi connectivity index (χ3v) is 6.85. The van der Waals surface area contributed by atoms with Crippen molar-refractivity contribution in [2.75, 3.05) is 12.9 Å². The van der Waals surface area contributed by atoms with E-state index >= 15 is 0 Å². The highest BCUT2D eigenvalue weighted by molar-refractivity contribution is 7.98. The van der Waals surface area contributed by atoms with Gasteiger partial charge in [-0.1, -0.05) is 24.3 Å². The Kier molecular flexibility index (Phi) is 7.83. The molecule has 0 saturated carbocycles. The van der Waals surface area contributed by atoms with Gasteiger partial charge in [0.15, 0.2) is 11.6 Å². The average Bonchev–Trinajstić information content (AvgIpc) is 3.32. The molecule has 0 bridgehead atoms. The van der Waals surface area contributed by atoms with Crippen LogP contribution in [0.2, 0.25) is 0 Å². The fourth-order valence-electron chi connectivity index (χ4n) is 4.25. The maximum absolute atomic E-state index is 13.8. The van der Waals surface area contributed by atoms with E-state index in [1.807, 2.05) is 12.4 Å². The van der Waals surface area contributed by atoms with Crippen LogP contribution in [0, 0.1) is 11.6 Å². The summed E-state index contributed by atoms with van der Waals surface area (Å²) in [5.74, 6) is -1.52. The zero-order valence-electron chi connectivity index (χ0n) is 19.0. The molecular formula is C27H24F2NO4S. The zero-order valence-corrected chi connectivity index (χ0v) is 19.9. The Labute approximate surface area is 206 Å². The number of hydrogen-bond donors (Lipinski definition) is 1. The van der Waals surface area contributed by atoms with Crippen molar-refractivity contribution in [3.8, 4) is 16.9 Å². The standard InChI is InChI=1S/C27H24F2NO4S/c1-35-26-13-25(29)24(28)12-23(26)18-5-9-22(10-6-18)34-16-17-3-2-4-19(11-17)27(33)30-20(14-31)7-8-21(30)15-32/h2-6,9-13,20-21,31H,7-8,14,16H2,1H3/t20-,21+/m1/s1. The highest BCUT2D eigenvalue weighted by Crippen LogP contribution is 2.33. The van der Waals surface area contributed by atoms with Crippen molar-refractivity contribution in [2.45, 2.75) is 36.4 Å². The van der Waals surface area contributed by atoms with Crippen LogP contribution in [0.15, 0.2) is 65.6 Å². The number of benzene rings is 3. The lowest BCUT2D eigenvalue weighted by Crippen LogP contribution is -2.43. The Morgan fingerprint density at radius 3 is 2.54 bits per heavy atom. The topological polar surface area (TPSA) is 66.8 Å². The van der Waals surface area contributed by atoms with Gasteiger partial charge in [-0.15, -0.1) is 11.8 Å². The molecule has 0 unspecified atom stereocenters. The maximum Gasteiger partial charge on any atom is 0.254 e. The van der Waals surface area contributed by atoms with Gasteiger partial charge in [0.2, 0.25) is 6.29 Å². The second-order valence-electron chi connectivity index (χ2n) is 8.24. The predicted octanol–water partition coefficient (Wildman–Crippen LogP) is 5.01. The second kappa shape index (κ2) is 11.0. The van der Waals surface area contributed by atoms with Gasteiger partial charge in [-0.25, -0.2) is 8.78 Å². The average molecular weight is 497 g/mol. The number of hydrogen-bond acceptors (Lipinski definition) is 5. The maximum atomic E-state index is 13.8. The van der Waals surface area contributed by atoms with Crippen molar-refractivity contribution in [1.29, 1.82) is 0 Å². The molecule has 1 amide bonds. The number of aliphatic hydroxyl groups is 1. The monoisotopic (exact) mass is 496 g/mol. The number of ether oxygens (including phenoxy) is 1. The summed E-state index contributed by atoms with van der Waals surface area (Å²) in [6.45, 7) is 0.0000840. The first kappa shape index (κ1) is 24.9. The molecule has 1 radical (unpaired) electrons. The first-order valence-electron chi connectivity index (χ1n) is 11.1. The minimum Gasteiger partial charge on any atom is -0.489 e. The molecule has 5 nitrogen and oxygen atoms in total. The highest BCUT2D eigenvalue weighted by atomic mass is 32.2. The normalized spacial score (nSPS) is 17.4. The first-order valence-corrected chi connectivity index (χ1v) is 12.3. The third-order valence-electron chi connectivity index (χ3n) is 6.07. The molecular weight excluding hydrogens is 472 g/mol. The zero-order chi connectivity index (χ0) is 24.9. The van der Waals surface area contributed by atoms with Gasteiger partial charge >= 0.3 is 0 Å². The van der Waals surface area contributed by atoms with Crippen LogP contribution < -0.4 is 4.74 Å². The number of halogens is 2. The van der Waals surface area contributed by atoms with E-state index in [4.69, 9.17) is 4.74 Å². The molecule has 0 aliphatic carbocycles. The summed E-state index contributed by atoms with van der Waals surface area (Å²) in [4.78, 5) is 26.3. The summed E-state index contributed by atoms with van der Waals surface area (Å²) in [5, 5.41) is 9.58. The van der Waals surface area contributed by atoms with Crippen LogP contribution in [-0.4, -0.2) is 47.1 Å². The summed E-state index contributed by atoms with van der Waals surface area (Å²) in [7, 11) is 0. The minimum absolute atomic E-state index is 0.203. The molecule has 1 aliphatic heterocycles. The number of likely N-dealkylation sites (tertiary alicyclic amines) is 1. The van der Waals surface area contributed by atoms with E-state index in [1.165, 1.54) is 28.8 Å². The van der Waals surface area contributed by atoms with Crippen LogP contribution in [0.5, 0.6) is 5.75 Å². The van der Waals surface area contributed by atoms with Crippen LogP contribution in [-0.2, 0) is 11.4 Å². The Bertz CT molecular complexity index is 1220. The Balaban J connectivity index is 1.45. The molecule has 0 spiro atoms. The number of aliphatic hydroxyl groups excluding tert-OH is 1. The summed E-state index contributed by atoms with van der Waals surface area (Å²) < 4.78 is 33.2. The lowest BCUT2D eigenvalue weighted by Gasteiger charge is -2.26. The molecule has 1 fully saturated rings. The number of rotatable bonds is 8. The Morgan fingerprint density at radius 1 is 1.11 bits per heavy atom. The molecule has 4 rings (SSSR count). The van der Waals surface area contributed by atoms with Crippen molar-refractivity contribution in [3.05, 3.63) is 83.4 Å². The quantitative estimate of drug-likeness (QED) is 0.444. The van der Waals surface area contributed by atoms with Gasteiger partial charge in [0.05, 0.1) is 18.7 Å². The molecule has 1 aliphatic rings. The van der Waals surface area contributed by atoms with E-state index in [9.17, 15) is 23.5 Å². The fourth-order valence-corrected chi connectivity index (χ4v) is 4.87. The molecule has 181 valence electrons. The number of carbonyl (C=O) groups excluding carboxylic acids is 2. The van der Waals surface area contributed by atoms with Crippen molar-refractivity contribution >= 4 is 24.0 Å². The van der Waals surface area contributed by atoms with Gasteiger partial charge in [-0.2, -0.15) is 0 Å². The summed E-state index contributed by atoms with van der Waals surface area (Å²) >= 11 is 1.34. The molecule has 8 heteroatoms. The molecule has 3 aromatic rings. The molecule has 1 N–H and O–H groups in total. The minimum atomic E-state index is -0.899. The van der Waals surface area contributed by atoms with Gasteiger partial charge in [-0.3, -0.25) is 9.59 Å². The molecule has 2 atom stereocenters. The Hall–Kier alpha value is -3.23. The van der Waals surface area contributed by atoms with E-state index in [2.05, 4.69) is 0 Å². The highest BCUT2D eigenvalue weighted by Gasteiger charge is 2.37. The van der Waals surface area contributed by atoms with Crippen LogP contribution in [0.25, 0.3) is 11.1 Å². The van der Waals surface area contributed by atoms with Crippen LogP contribution in [0.4, 0.5) is 8.78 Å². The lowest BCUT2D eigenvalue weighted by atomic mass is 10.1. The number of carbonyl (C=O) groups is 1. The van der Waals surface area contributed by atoms with Crippen LogP contribution in [0.1, 0.15) is 28.8 Å². The van der Waals surface area contributed by atoms with Gasteiger partial charge < -0.3 is 14.7 Å². The summed E-state index contributed by atoms with van der Waals surface area (Å²) in [6, 6.07) is 15.3. The van der Waals surface area contributed by atoms with Gasteiger partial charge in [0.1, 0.15) is 12.4 Å². The molecule has 3 aromatic carbocycles. The Morgan fingerprint density at radius 2 is 1.86 bits per heavy atom. The van der Waals surface area contributed by atoms with E-state index in [0.717, 1.165) is 11.1 Å². The molecule has 1 saturated heterocycles. The smallest absolute Gasteiger partial charge is 0.254 e. The van der Waals surface area contributed by atoms with Gasteiger partial charge in [-0.05, 0) is 72.2 Å². The molecule has 35 heavy (non-hydrogen) atoms. The largest absolute Gasteiger partial charge is 0.489 e. The fraction of sp³-hybridized carbons (Fsp3) is 0.259.